The lowest BCUT2D eigenvalue weighted by Crippen LogP contribution is -2.12. The molecule has 21 heavy (non-hydrogen) atoms. The number of hydrogen-bond acceptors (Lipinski definition) is 4. The van der Waals surface area contributed by atoms with Gasteiger partial charge in [0.2, 0.25) is 0 Å². The van der Waals surface area contributed by atoms with E-state index < -0.39 is 4.92 Å². The fraction of sp³-hybridized carbons (Fsp3) is 0.286. The van der Waals surface area contributed by atoms with Gasteiger partial charge in [-0.05, 0) is 12.1 Å². The van der Waals surface area contributed by atoms with E-state index in [1.165, 1.54) is 12.1 Å². The molecule has 0 fully saturated rings. The topological polar surface area (TPSA) is 110 Å². The number of nitrogens with one attached hydrogen (secondary N) is 1. The van der Waals surface area contributed by atoms with Crippen molar-refractivity contribution in [1.82, 2.24) is 10.2 Å². The van der Waals surface area contributed by atoms with Gasteiger partial charge in [-0.15, -0.1) is 0 Å². The minimum Gasteiger partial charge on any atom is -0.383 e. The number of nitro benzene ring substituents is 1. The van der Waals surface area contributed by atoms with Crippen LogP contribution in [0.2, 0.25) is 0 Å². The molecule has 0 aliphatic heterocycles. The van der Waals surface area contributed by atoms with Crippen LogP contribution in [0.1, 0.15) is 32.0 Å². The molecule has 0 saturated carbocycles. The Hall–Kier alpha value is -2.70. The zero-order chi connectivity index (χ0) is 15.6. The normalized spacial score (nSPS) is 12.4. The van der Waals surface area contributed by atoms with Gasteiger partial charge in [-0.1, -0.05) is 20.8 Å². The Morgan fingerprint density at radius 3 is 2.43 bits per heavy atom. The van der Waals surface area contributed by atoms with Gasteiger partial charge in [-0.2, -0.15) is 5.10 Å². The third kappa shape index (κ3) is 3.44. The fourth-order valence-electron chi connectivity index (χ4n) is 1.69. The molecule has 110 valence electrons. The van der Waals surface area contributed by atoms with E-state index in [4.69, 9.17) is 5.73 Å². The Morgan fingerprint density at radius 2 is 1.95 bits per heavy atom. The molecule has 1 aromatic heterocycles. The summed E-state index contributed by atoms with van der Waals surface area (Å²) in [4.78, 5) is 14.4. The molecule has 0 bridgehead atoms. The molecule has 2 rings (SSSR count). The van der Waals surface area contributed by atoms with Crippen LogP contribution in [0.5, 0.6) is 0 Å². The van der Waals surface area contributed by atoms with E-state index in [0.29, 0.717) is 11.4 Å². The number of amidine groups is 1. The van der Waals surface area contributed by atoms with Crippen molar-refractivity contribution in [2.75, 3.05) is 0 Å². The minimum absolute atomic E-state index is 0.0151. The summed E-state index contributed by atoms with van der Waals surface area (Å²) < 4.78 is 0. The van der Waals surface area contributed by atoms with Crippen molar-refractivity contribution < 1.29 is 4.92 Å². The molecule has 7 heteroatoms. The van der Waals surface area contributed by atoms with Gasteiger partial charge in [0.25, 0.3) is 5.69 Å². The van der Waals surface area contributed by atoms with Crippen LogP contribution in [-0.4, -0.2) is 21.0 Å². The van der Waals surface area contributed by atoms with Gasteiger partial charge in [0.05, 0.1) is 4.92 Å². The Balaban J connectivity index is 2.24. The van der Waals surface area contributed by atoms with Gasteiger partial charge < -0.3 is 5.73 Å². The summed E-state index contributed by atoms with van der Waals surface area (Å²) in [5.41, 5.74) is 7.43. The van der Waals surface area contributed by atoms with E-state index in [9.17, 15) is 10.1 Å². The van der Waals surface area contributed by atoms with Crippen molar-refractivity contribution in [2.24, 2.45) is 10.7 Å². The second-order valence-electron chi connectivity index (χ2n) is 5.69. The molecule has 0 unspecified atom stereocenters. The lowest BCUT2D eigenvalue weighted by molar-refractivity contribution is -0.384. The van der Waals surface area contributed by atoms with Gasteiger partial charge >= 0.3 is 0 Å². The molecule has 3 N–H and O–H groups in total. The number of hydrogen-bond donors (Lipinski definition) is 2. The minimum atomic E-state index is -0.458. The number of nitrogens with zero attached hydrogens (tertiary/aromatic N) is 3. The Morgan fingerprint density at radius 1 is 1.33 bits per heavy atom. The van der Waals surface area contributed by atoms with Gasteiger partial charge in [0, 0.05) is 34.9 Å². The molecular formula is C14H17N5O2. The monoisotopic (exact) mass is 287 g/mol. The zero-order valence-electron chi connectivity index (χ0n) is 12.1. The lowest BCUT2D eigenvalue weighted by Gasteiger charge is -2.14. The average molecular weight is 287 g/mol. The molecule has 0 radical (unpaired) electrons. The molecule has 0 aliphatic carbocycles. The summed E-state index contributed by atoms with van der Waals surface area (Å²) in [6.45, 7) is 6.19. The maximum absolute atomic E-state index is 10.6. The summed E-state index contributed by atoms with van der Waals surface area (Å²) in [6.07, 6.45) is 0. The average Bonchev–Trinajstić information content (AvgIpc) is 2.87. The summed E-state index contributed by atoms with van der Waals surface area (Å²) >= 11 is 0. The predicted molar refractivity (Wildman–Crippen MR) is 80.8 cm³/mol. The largest absolute Gasteiger partial charge is 0.383 e. The van der Waals surface area contributed by atoms with Gasteiger partial charge in [-0.3, -0.25) is 15.2 Å². The van der Waals surface area contributed by atoms with E-state index in [0.717, 1.165) is 5.69 Å². The van der Waals surface area contributed by atoms with Crippen molar-refractivity contribution in [3.8, 4) is 0 Å². The Labute approximate surface area is 122 Å². The number of aliphatic imine (C=N–C) groups is 1. The van der Waals surface area contributed by atoms with Crippen LogP contribution in [0.3, 0.4) is 0 Å². The first-order chi connectivity index (χ1) is 9.77. The molecule has 0 atom stereocenters. The molecule has 0 aliphatic rings. The quantitative estimate of drug-likeness (QED) is 0.391. The standard InChI is InChI=1S/C14H17N5O2/c1-14(2,3)11-8-12(18-17-11)16-13(15)9-4-6-10(7-5-9)19(20)21/h4-8H,1-3H3,(H3,15,16,17,18). The molecule has 2 aromatic rings. The predicted octanol–water partition coefficient (Wildman–Crippen LogP) is 2.65. The molecule has 7 nitrogen and oxygen atoms in total. The number of nitro groups is 1. The third-order valence-corrected chi connectivity index (χ3v) is 2.98. The van der Waals surface area contributed by atoms with Crippen molar-refractivity contribution >= 4 is 17.3 Å². The van der Waals surface area contributed by atoms with Gasteiger partial charge in [0.15, 0.2) is 5.82 Å². The number of rotatable bonds is 3. The highest BCUT2D eigenvalue weighted by Crippen LogP contribution is 2.23. The summed E-state index contributed by atoms with van der Waals surface area (Å²) in [5.74, 6) is 0.743. The van der Waals surface area contributed by atoms with E-state index in [1.54, 1.807) is 12.1 Å². The molecule has 0 amide bonds. The summed E-state index contributed by atoms with van der Waals surface area (Å²) in [7, 11) is 0. The number of aromatic amines is 1. The zero-order valence-corrected chi connectivity index (χ0v) is 12.1. The highest BCUT2D eigenvalue weighted by Gasteiger charge is 2.16. The number of non-ortho nitro benzene ring substituents is 1. The molecule has 0 saturated heterocycles. The number of H-pyrrole nitrogens is 1. The summed E-state index contributed by atoms with van der Waals surface area (Å²) in [6, 6.07) is 7.74. The third-order valence-electron chi connectivity index (χ3n) is 2.98. The SMILES string of the molecule is CC(C)(C)c1cc(N=C(N)c2ccc([N+](=O)[O-])cc2)n[nH]1. The first kappa shape index (κ1) is 14.7. The fourth-order valence-corrected chi connectivity index (χ4v) is 1.69. The van der Waals surface area contributed by atoms with Gasteiger partial charge in [-0.25, -0.2) is 4.99 Å². The van der Waals surface area contributed by atoms with Gasteiger partial charge in [0.1, 0.15) is 5.84 Å². The second-order valence-corrected chi connectivity index (χ2v) is 5.69. The number of benzene rings is 1. The molecule has 1 heterocycles. The van der Waals surface area contributed by atoms with E-state index in [-0.39, 0.29) is 16.9 Å². The van der Waals surface area contributed by atoms with Crippen molar-refractivity contribution in [3.05, 3.63) is 51.7 Å². The molecule has 1 aromatic carbocycles. The van der Waals surface area contributed by atoms with Crippen molar-refractivity contribution in [1.29, 1.82) is 0 Å². The van der Waals surface area contributed by atoms with Crippen LogP contribution in [0.25, 0.3) is 0 Å². The van der Waals surface area contributed by atoms with Crippen LogP contribution in [-0.2, 0) is 5.41 Å². The van der Waals surface area contributed by atoms with E-state index in [2.05, 4.69) is 36.0 Å². The maximum Gasteiger partial charge on any atom is 0.269 e. The molecular weight excluding hydrogens is 270 g/mol. The first-order valence-electron chi connectivity index (χ1n) is 6.42. The number of nitrogens with two attached hydrogens (primary N) is 1. The second kappa shape index (κ2) is 5.35. The first-order valence-corrected chi connectivity index (χ1v) is 6.42. The smallest absolute Gasteiger partial charge is 0.269 e. The van der Waals surface area contributed by atoms with Crippen LogP contribution >= 0.6 is 0 Å². The van der Waals surface area contributed by atoms with Crippen LogP contribution in [0.15, 0.2) is 35.3 Å². The van der Waals surface area contributed by atoms with Crippen LogP contribution in [0.4, 0.5) is 11.5 Å². The summed E-state index contributed by atoms with van der Waals surface area (Å²) in [5, 5.41) is 17.6. The number of aromatic nitrogens is 2. The van der Waals surface area contributed by atoms with Crippen molar-refractivity contribution in [3.63, 3.8) is 0 Å². The highest BCUT2D eigenvalue weighted by atomic mass is 16.6. The van der Waals surface area contributed by atoms with E-state index in [1.807, 2.05) is 6.07 Å². The Kier molecular flexibility index (Phi) is 3.75. The van der Waals surface area contributed by atoms with Crippen molar-refractivity contribution in [2.45, 2.75) is 26.2 Å². The van der Waals surface area contributed by atoms with Crippen LogP contribution < -0.4 is 5.73 Å². The van der Waals surface area contributed by atoms with E-state index >= 15 is 0 Å². The van der Waals surface area contributed by atoms with Crippen LogP contribution in [0, 0.1) is 10.1 Å². The highest BCUT2D eigenvalue weighted by molar-refractivity contribution is 5.98. The lowest BCUT2D eigenvalue weighted by atomic mass is 9.92. The maximum atomic E-state index is 10.6. The molecule has 0 spiro atoms. The Bertz CT molecular complexity index is 680.